The fraction of sp³-hybridized carbons (Fsp3) is 0.200. The monoisotopic (exact) mass is 198 g/mol. The van der Waals surface area contributed by atoms with Gasteiger partial charge in [-0.3, -0.25) is 9.59 Å². The van der Waals surface area contributed by atoms with E-state index in [-0.39, 0.29) is 17.8 Å². The zero-order valence-corrected chi connectivity index (χ0v) is 7.51. The van der Waals surface area contributed by atoms with Gasteiger partial charge in [-0.2, -0.15) is 0 Å². The quantitative estimate of drug-likeness (QED) is 0.550. The molecule has 1 aromatic carbocycles. The van der Waals surface area contributed by atoms with Crippen molar-refractivity contribution in [2.24, 2.45) is 0 Å². The summed E-state index contributed by atoms with van der Waals surface area (Å²) in [4.78, 5) is 21.8. The minimum atomic E-state index is -0.822. The van der Waals surface area contributed by atoms with E-state index in [9.17, 15) is 18.4 Å². The van der Waals surface area contributed by atoms with Gasteiger partial charge in [-0.1, -0.05) is 0 Å². The molecule has 0 bridgehead atoms. The number of hydrogen-bond acceptors (Lipinski definition) is 2. The van der Waals surface area contributed by atoms with E-state index in [0.717, 1.165) is 12.1 Å². The molecular weight excluding hydrogens is 190 g/mol. The highest BCUT2D eigenvalue weighted by Gasteiger charge is 2.10. The van der Waals surface area contributed by atoms with E-state index in [4.69, 9.17) is 0 Å². The minimum absolute atomic E-state index is 0.113. The predicted octanol–water partition coefficient (Wildman–Crippen LogP) is 2.13. The molecule has 0 spiro atoms. The van der Waals surface area contributed by atoms with Crippen molar-refractivity contribution >= 4 is 11.6 Å². The second-order valence-electron chi connectivity index (χ2n) is 2.96. The summed E-state index contributed by atoms with van der Waals surface area (Å²) in [6, 6.07) is 2.49. The van der Waals surface area contributed by atoms with E-state index in [0.29, 0.717) is 6.07 Å². The molecule has 0 unspecified atom stereocenters. The normalized spacial score (nSPS) is 9.93. The van der Waals surface area contributed by atoms with Crippen LogP contribution >= 0.6 is 0 Å². The molecule has 4 heteroatoms. The summed E-state index contributed by atoms with van der Waals surface area (Å²) in [6.45, 7) is 1.24. The highest BCUT2D eigenvalue weighted by atomic mass is 19.1. The third-order valence-corrected chi connectivity index (χ3v) is 1.59. The van der Waals surface area contributed by atoms with Crippen molar-refractivity contribution < 1.29 is 18.4 Å². The molecule has 74 valence electrons. The van der Waals surface area contributed by atoms with Crippen LogP contribution in [0.2, 0.25) is 0 Å². The topological polar surface area (TPSA) is 34.1 Å². The van der Waals surface area contributed by atoms with Crippen LogP contribution < -0.4 is 0 Å². The smallest absolute Gasteiger partial charge is 0.170 e. The molecule has 0 amide bonds. The first-order valence-electron chi connectivity index (χ1n) is 3.98. The van der Waals surface area contributed by atoms with Crippen molar-refractivity contribution in [2.45, 2.75) is 13.3 Å². The number of rotatable bonds is 3. The third kappa shape index (κ3) is 2.73. The molecule has 0 radical (unpaired) electrons. The lowest BCUT2D eigenvalue weighted by molar-refractivity contribution is -0.116. The summed E-state index contributed by atoms with van der Waals surface area (Å²) in [7, 11) is 0. The Labute approximate surface area is 79.5 Å². The van der Waals surface area contributed by atoms with Crippen LogP contribution in [-0.4, -0.2) is 11.6 Å². The van der Waals surface area contributed by atoms with Crippen LogP contribution in [0, 0.1) is 11.6 Å². The van der Waals surface area contributed by atoms with Crippen LogP contribution in [0.1, 0.15) is 23.7 Å². The number of halogens is 2. The number of benzene rings is 1. The summed E-state index contributed by atoms with van der Waals surface area (Å²) in [5.74, 6) is -2.55. The van der Waals surface area contributed by atoms with Crippen LogP contribution in [-0.2, 0) is 4.79 Å². The molecule has 0 fully saturated rings. The maximum Gasteiger partial charge on any atom is 0.170 e. The molecule has 0 atom stereocenters. The molecule has 0 saturated heterocycles. The van der Waals surface area contributed by atoms with Gasteiger partial charge in [-0.05, 0) is 19.1 Å². The zero-order chi connectivity index (χ0) is 10.7. The summed E-state index contributed by atoms with van der Waals surface area (Å²) in [5.41, 5.74) is -0.113. The van der Waals surface area contributed by atoms with E-state index < -0.39 is 17.4 Å². The molecule has 1 aromatic rings. The fourth-order valence-corrected chi connectivity index (χ4v) is 1.04. The highest BCUT2D eigenvalue weighted by Crippen LogP contribution is 2.10. The number of ketones is 2. The van der Waals surface area contributed by atoms with Gasteiger partial charge in [0.25, 0.3) is 0 Å². The maximum atomic E-state index is 12.6. The second kappa shape index (κ2) is 4.09. The van der Waals surface area contributed by atoms with Crippen molar-refractivity contribution in [3.63, 3.8) is 0 Å². The molecule has 2 nitrogen and oxygen atoms in total. The van der Waals surface area contributed by atoms with E-state index >= 15 is 0 Å². The summed E-state index contributed by atoms with van der Waals surface area (Å²) in [5, 5.41) is 0. The minimum Gasteiger partial charge on any atom is -0.300 e. The van der Waals surface area contributed by atoms with Crippen LogP contribution in [0.25, 0.3) is 0 Å². The Kier molecular flexibility index (Phi) is 3.06. The highest BCUT2D eigenvalue weighted by molar-refractivity contribution is 6.07. The Morgan fingerprint density at radius 1 is 1.14 bits per heavy atom. The Morgan fingerprint density at radius 2 is 1.64 bits per heavy atom. The Balaban J connectivity index is 2.95. The van der Waals surface area contributed by atoms with Gasteiger partial charge in [0, 0.05) is 11.6 Å². The third-order valence-electron chi connectivity index (χ3n) is 1.59. The maximum absolute atomic E-state index is 12.6. The van der Waals surface area contributed by atoms with Gasteiger partial charge in [0.1, 0.15) is 17.4 Å². The van der Waals surface area contributed by atoms with Crippen LogP contribution in [0.4, 0.5) is 8.78 Å². The Morgan fingerprint density at radius 3 is 2.07 bits per heavy atom. The van der Waals surface area contributed by atoms with Gasteiger partial charge < -0.3 is 0 Å². The average Bonchev–Trinajstić information content (AvgIpc) is 2.00. The average molecular weight is 198 g/mol. The van der Waals surface area contributed by atoms with Crippen molar-refractivity contribution in [2.75, 3.05) is 0 Å². The lowest BCUT2D eigenvalue weighted by atomic mass is 10.1. The van der Waals surface area contributed by atoms with E-state index in [2.05, 4.69) is 0 Å². The molecule has 0 aliphatic carbocycles. The van der Waals surface area contributed by atoms with E-state index in [1.165, 1.54) is 6.92 Å². The lowest BCUT2D eigenvalue weighted by Crippen LogP contribution is -2.05. The number of carbonyl (C=O) groups excluding carboxylic acids is 2. The molecular formula is C10H8F2O2. The molecule has 0 heterocycles. The Bertz CT molecular complexity index is 365. The van der Waals surface area contributed by atoms with Crippen LogP contribution in [0.15, 0.2) is 18.2 Å². The molecule has 14 heavy (non-hydrogen) atoms. The first-order valence-corrected chi connectivity index (χ1v) is 3.98. The first-order chi connectivity index (χ1) is 6.49. The van der Waals surface area contributed by atoms with Crippen LogP contribution in [0.5, 0.6) is 0 Å². The van der Waals surface area contributed by atoms with Crippen molar-refractivity contribution in [3.8, 4) is 0 Å². The van der Waals surface area contributed by atoms with Gasteiger partial charge in [0.05, 0.1) is 6.42 Å². The molecule has 1 rings (SSSR count). The fourth-order valence-electron chi connectivity index (χ4n) is 1.04. The van der Waals surface area contributed by atoms with Gasteiger partial charge in [-0.25, -0.2) is 8.78 Å². The van der Waals surface area contributed by atoms with Gasteiger partial charge in [0.15, 0.2) is 5.78 Å². The summed E-state index contributed by atoms with van der Waals surface area (Å²) >= 11 is 0. The zero-order valence-electron chi connectivity index (χ0n) is 7.51. The first kappa shape index (κ1) is 10.5. The van der Waals surface area contributed by atoms with E-state index in [1.54, 1.807) is 0 Å². The summed E-state index contributed by atoms with van der Waals surface area (Å²) in [6.07, 6.45) is -0.330. The van der Waals surface area contributed by atoms with Gasteiger partial charge in [0.2, 0.25) is 0 Å². The predicted molar refractivity (Wildman–Crippen MR) is 46.0 cm³/mol. The molecule has 0 N–H and O–H groups in total. The number of Topliss-reactive ketones (excluding diaryl/α,β-unsaturated/α-hetero) is 2. The SMILES string of the molecule is CC(=O)CC(=O)c1cc(F)cc(F)c1. The largest absolute Gasteiger partial charge is 0.300 e. The number of hydrogen-bond donors (Lipinski definition) is 0. The molecule has 0 aliphatic rings. The standard InChI is InChI=1S/C10H8F2O2/c1-6(13)2-10(14)7-3-8(11)5-9(12)4-7/h3-5H,2H2,1H3. The Hall–Kier alpha value is -1.58. The van der Waals surface area contributed by atoms with Crippen molar-refractivity contribution in [3.05, 3.63) is 35.4 Å². The van der Waals surface area contributed by atoms with Gasteiger partial charge in [-0.15, -0.1) is 0 Å². The molecule has 0 saturated carbocycles. The van der Waals surface area contributed by atoms with Crippen molar-refractivity contribution in [1.82, 2.24) is 0 Å². The number of carbonyl (C=O) groups is 2. The second-order valence-corrected chi connectivity index (χ2v) is 2.96. The van der Waals surface area contributed by atoms with E-state index in [1.807, 2.05) is 0 Å². The molecule has 0 aliphatic heterocycles. The molecule has 0 aromatic heterocycles. The summed E-state index contributed by atoms with van der Waals surface area (Å²) < 4.78 is 25.3. The lowest BCUT2D eigenvalue weighted by Gasteiger charge is -1.99. The van der Waals surface area contributed by atoms with Gasteiger partial charge >= 0.3 is 0 Å². The van der Waals surface area contributed by atoms with Crippen LogP contribution in [0.3, 0.4) is 0 Å². The van der Waals surface area contributed by atoms with Crippen molar-refractivity contribution in [1.29, 1.82) is 0 Å².